The summed E-state index contributed by atoms with van der Waals surface area (Å²) in [4.78, 5) is 1.60. The van der Waals surface area contributed by atoms with Crippen LogP contribution in [0, 0.1) is 11.8 Å². The minimum atomic E-state index is -1.04. The van der Waals surface area contributed by atoms with Crippen LogP contribution in [0.1, 0.15) is 105 Å². The molecule has 2 unspecified atom stereocenters. The molecule has 0 N–H and O–H groups in total. The van der Waals surface area contributed by atoms with Gasteiger partial charge in [0.05, 0.1) is 31.4 Å². The molecule has 0 spiro atoms. The van der Waals surface area contributed by atoms with E-state index >= 15 is 0 Å². The molecule has 0 radical (unpaired) electrons. The van der Waals surface area contributed by atoms with E-state index < -0.39 is 21.6 Å². The van der Waals surface area contributed by atoms with Gasteiger partial charge in [0.15, 0.2) is 0 Å². The topological polar surface area (TPSA) is 34.1 Å². The third-order valence-corrected chi connectivity index (χ3v) is 8.70. The standard InChI is InChI=1S/C26H46O2S2/c1-23(2)17-11-7-5-9-15-21-29(27)25-19-13-14-20-26(25)30(28)22-16-10-6-8-12-18-24(3)4/h13-14,19-20,23-24H,5-12,15-18,21-22H2,1-4H3. The van der Waals surface area contributed by atoms with Crippen LogP contribution < -0.4 is 0 Å². The summed E-state index contributed by atoms with van der Waals surface area (Å²) in [7, 11) is -2.08. The largest absolute Gasteiger partial charge is 0.254 e. The Morgan fingerprint density at radius 2 is 0.900 bits per heavy atom. The van der Waals surface area contributed by atoms with Crippen molar-refractivity contribution in [1.29, 1.82) is 0 Å². The van der Waals surface area contributed by atoms with Crippen LogP contribution in [0.5, 0.6) is 0 Å². The highest BCUT2D eigenvalue weighted by molar-refractivity contribution is 7.88. The number of hydrogen-bond donors (Lipinski definition) is 0. The first kappa shape index (κ1) is 27.6. The second-order valence-corrected chi connectivity index (χ2v) is 12.5. The zero-order valence-electron chi connectivity index (χ0n) is 20.0. The summed E-state index contributed by atoms with van der Waals surface area (Å²) in [5, 5.41) is 0. The Bertz CT molecular complexity index is 558. The van der Waals surface area contributed by atoms with Gasteiger partial charge in [-0.3, -0.25) is 8.42 Å². The summed E-state index contributed by atoms with van der Waals surface area (Å²) >= 11 is 0. The minimum Gasteiger partial charge on any atom is -0.254 e. The van der Waals surface area contributed by atoms with Crippen molar-refractivity contribution in [2.24, 2.45) is 11.8 Å². The second-order valence-electron chi connectivity index (χ2n) is 9.45. The SMILES string of the molecule is CC(C)CCCCCCCS(=O)c1ccccc1S(=O)CCCCCCCC(C)C. The Morgan fingerprint density at radius 3 is 1.27 bits per heavy atom. The minimum absolute atomic E-state index is 0.689. The first-order valence-electron chi connectivity index (χ1n) is 12.3. The van der Waals surface area contributed by atoms with Crippen LogP contribution in [0.25, 0.3) is 0 Å². The molecule has 30 heavy (non-hydrogen) atoms. The van der Waals surface area contributed by atoms with Crippen LogP contribution in [-0.4, -0.2) is 19.9 Å². The molecule has 174 valence electrons. The summed E-state index contributed by atoms with van der Waals surface area (Å²) in [6.07, 6.45) is 14.5. The van der Waals surface area contributed by atoms with E-state index in [1.165, 1.54) is 51.4 Å². The Kier molecular flexibility index (Phi) is 15.7. The van der Waals surface area contributed by atoms with Crippen LogP contribution in [0.15, 0.2) is 34.1 Å². The van der Waals surface area contributed by atoms with Crippen molar-refractivity contribution in [2.75, 3.05) is 11.5 Å². The highest BCUT2D eigenvalue weighted by Crippen LogP contribution is 2.21. The van der Waals surface area contributed by atoms with Crippen molar-refractivity contribution >= 4 is 21.6 Å². The van der Waals surface area contributed by atoms with Gasteiger partial charge in [-0.05, 0) is 36.8 Å². The molecule has 0 aliphatic carbocycles. The lowest BCUT2D eigenvalue weighted by molar-refractivity contribution is 0.518. The average Bonchev–Trinajstić information content (AvgIpc) is 2.71. The van der Waals surface area contributed by atoms with Crippen molar-refractivity contribution in [3.8, 4) is 0 Å². The average molecular weight is 455 g/mol. The van der Waals surface area contributed by atoms with E-state index in [0.29, 0.717) is 11.5 Å². The molecule has 0 saturated carbocycles. The summed E-state index contributed by atoms with van der Waals surface area (Å²) in [6.45, 7) is 9.11. The molecule has 2 nitrogen and oxygen atoms in total. The maximum Gasteiger partial charge on any atom is 0.0549 e. The smallest absolute Gasteiger partial charge is 0.0549 e. The van der Waals surface area contributed by atoms with Gasteiger partial charge >= 0.3 is 0 Å². The molecule has 0 aromatic heterocycles. The normalized spacial score (nSPS) is 13.8. The Balaban J connectivity index is 2.32. The molecule has 0 saturated heterocycles. The number of benzene rings is 1. The maximum absolute atomic E-state index is 12.8. The van der Waals surface area contributed by atoms with Gasteiger partial charge in [0.1, 0.15) is 0 Å². The van der Waals surface area contributed by atoms with Gasteiger partial charge in [0, 0.05) is 11.5 Å². The lowest BCUT2D eigenvalue weighted by atomic mass is 10.0. The molecule has 0 aliphatic heterocycles. The number of rotatable bonds is 18. The molecule has 1 rings (SSSR count). The Morgan fingerprint density at radius 1 is 0.567 bits per heavy atom. The van der Waals surface area contributed by atoms with Crippen LogP contribution in [-0.2, 0) is 21.6 Å². The lowest BCUT2D eigenvalue weighted by Gasteiger charge is -2.10. The highest BCUT2D eigenvalue weighted by atomic mass is 32.2. The Labute approximate surface area is 191 Å². The van der Waals surface area contributed by atoms with Gasteiger partial charge in [-0.25, -0.2) is 0 Å². The van der Waals surface area contributed by atoms with Crippen LogP contribution in [0.2, 0.25) is 0 Å². The quantitative estimate of drug-likeness (QED) is 0.211. The monoisotopic (exact) mass is 454 g/mol. The summed E-state index contributed by atoms with van der Waals surface area (Å²) in [5.41, 5.74) is 0. The number of hydrogen-bond acceptors (Lipinski definition) is 2. The third kappa shape index (κ3) is 13.0. The van der Waals surface area contributed by atoms with Crippen molar-refractivity contribution in [1.82, 2.24) is 0 Å². The summed E-state index contributed by atoms with van der Waals surface area (Å²) in [5.74, 6) is 2.96. The molecule has 0 heterocycles. The predicted molar refractivity (Wildman–Crippen MR) is 134 cm³/mol. The van der Waals surface area contributed by atoms with E-state index in [9.17, 15) is 8.42 Å². The van der Waals surface area contributed by atoms with Gasteiger partial charge in [-0.2, -0.15) is 0 Å². The zero-order valence-corrected chi connectivity index (χ0v) is 21.6. The van der Waals surface area contributed by atoms with E-state index in [1.54, 1.807) is 0 Å². The summed E-state index contributed by atoms with van der Waals surface area (Å²) in [6, 6.07) is 7.68. The molecule has 0 fully saturated rings. The maximum atomic E-state index is 12.8. The highest BCUT2D eigenvalue weighted by Gasteiger charge is 2.14. The van der Waals surface area contributed by atoms with E-state index in [2.05, 4.69) is 27.7 Å². The fourth-order valence-electron chi connectivity index (χ4n) is 3.68. The van der Waals surface area contributed by atoms with Crippen LogP contribution in [0.3, 0.4) is 0 Å². The molecule has 1 aromatic rings. The van der Waals surface area contributed by atoms with Gasteiger partial charge < -0.3 is 0 Å². The van der Waals surface area contributed by atoms with Crippen LogP contribution in [0.4, 0.5) is 0 Å². The first-order valence-corrected chi connectivity index (χ1v) is 14.9. The van der Waals surface area contributed by atoms with Crippen molar-refractivity contribution in [3.05, 3.63) is 24.3 Å². The Hall–Kier alpha value is -0.480. The van der Waals surface area contributed by atoms with Gasteiger partial charge in [0.2, 0.25) is 0 Å². The fraction of sp³-hybridized carbons (Fsp3) is 0.769. The lowest BCUT2D eigenvalue weighted by Crippen LogP contribution is -2.06. The van der Waals surface area contributed by atoms with E-state index in [0.717, 1.165) is 47.3 Å². The molecule has 0 aliphatic rings. The van der Waals surface area contributed by atoms with E-state index in [4.69, 9.17) is 0 Å². The second kappa shape index (κ2) is 17.1. The molecule has 0 amide bonds. The van der Waals surface area contributed by atoms with E-state index in [1.807, 2.05) is 24.3 Å². The molecule has 1 aromatic carbocycles. The summed E-state index contributed by atoms with van der Waals surface area (Å²) < 4.78 is 25.7. The molecule has 0 bridgehead atoms. The predicted octanol–water partition coefficient (Wildman–Crippen LogP) is 7.90. The van der Waals surface area contributed by atoms with Crippen LogP contribution >= 0.6 is 0 Å². The van der Waals surface area contributed by atoms with Gasteiger partial charge in [-0.1, -0.05) is 104 Å². The number of unbranched alkanes of at least 4 members (excludes halogenated alkanes) is 8. The van der Waals surface area contributed by atoms with Gasteiger partial charge in [0.25, 0.3) is 0 Å². The molecular formula is C26H46O2S2. The molecule has 4 heteroatoms. The fourth-order valence-corrected chi connectivity index (χ4v) is 6.65. The van der Waals surface area contributed by atoms with Crippen molar-refractivity contribution in [2.45, 2.75) is 115 Å². The van der Waals surface area contributed by atoms with E-state index in [-0.39, 0.29) is 0 Å². The first-order chi connectivity index (χ1) is 14.4. The molecule has 2 atom stereocenters. The van der Waals surface area contributed by atoms with Crippen molar-refractivity contribution in [3.63, 3.8) is 0 Å². The zero-order chi connectivity index (χ0) is 22.2. The van der Waals surface area contributed by atoms with Crippen molar-refractivity contribution < 1.29 is 8.42 Å². The van der Waals surface area contributed by atoms with Gasteiger partial charge in [-0.15, -0.1) is 0 Å². The molecular weight excluding hydrogens is 408 g/mol. The third-order valence-electron chi connectivity index (χ3n) is 5.56.